The largest absolute Gasteiger partial charge is 0.478 e. The van der Waals surface area contributed by atoms with Crippen LogP contribution < -0.4 is 0 Å². The number of rotatable bonds is 3. The molecule has 116 valence electrons. The summed E-state index contributed by atoms with van der Waals surface area (Å²) in [5.74, 6) is -0.921. The van der Waals surface area contributed by atoms with Crippen LogP contribution >= 0.6 is 0 Å². The smallest absolute Gasteiger partial charge is 0.336 e. The van der Waals surface area contributed by atoms with E-state index in [1.807, 2.05) is 60.7 Å². The molecule has 0 aliphatic carbocycles. The number of benzene rings is 3. The predicted octanol–water partition coefficient (Wildman–Crippen LogP) is 4.67. The van der Waals surface area contributed by atoms with E-state index in [1.54, 1.807) is 12.3 Å². The molecule has 1 heterocycles. The average Bonchev–Trinajstić information content (AvgIpc) is 3.15. The van der Waals surface area contributed by atoms with Crippen molar-refractivity contribution in [3.8, 4) is 11.1 Å². The Morgan fingerprint density at radius 3 is 2.58 bits per heavy atom. The lowest BCUT2D eigenvalue weighted by Crippen LogP contribution is -2.01. The van der Waals surface area contributed by atoms with Crippen LogP contribution in [-0.2, 0) is 0 Å². The molecule has 0 atom stereocenters. The Balaban J connectivity index is 1.94. The number of allylic oxidation sites excluding steroid dienone is 1. The third-order valence-electron chi connectivity index (χ3n) is 4.31. The standard InChI is InChI=1S/C21H15NO2/c23-21(24)20-12-15(16-10-11-22-13-16)8-9-19(20)18-7-3-5-14-4-1-2-6-17(14)18/h1-10,12-13H,11H2,(H,23,24). The normalized spacial score (nSPS) is 13.2. The molecule has 1 aliphatic heterocycles. The van der Waals surface area contributed by atoms with Crippen molar-refractivity contribution in [2.24, 2.45) is 4.99 Å². The molecule has 3 aromatic carbocycles. The van der Waals surface area contributed by atoms with Crippen LogP contribution in [0.25, 0.3) is 27.5 Å². The summed E-state index contributed by atoms with van der Waals surface area (Å²) in [7, 11) is 0. The predicted molar refractivity (Wildman–Crippen MR) is 97.7 cm³/mol. The van der Waals surface area contributed by atoms with E-state index < -0.39 is 5.97 Å². The zero-order chi connectivity index (χ0) is 16.5. The van der Waals surface area contributed by atoms with E-state index in [-0.39, 0.29) is 0 Å². The first-order valence-corrected chi connectivity index (χ1v) is 7.80. The number of carboxylic acids is 1. The fourth-order valence-corrected chi connectivity index (χ4v) is 3.14. The van der Waals surface area contributed by atoms with Gasteiger partial charge >= 0.3 is 5.97 Å². The number of aliphatic imine (C=N–C) groups is 1. The zero-order valence-electron chi connectivity index (χ0n) is 12.9. The first-order chi connectivity index (χ1) is 11.7. The van der Waals surface area contributed by atoms with Crippen LogP contribution in [0.3, 0.4) is 0 Å². The molecule has 0 spiro atoms. The van der Waals surface area contributed by atoms with Gasteiger partial charge in [-0.3, -0.25) is 4.99 Å². The van der Waals surface area contributed by atoms with Crippen LogP contribution in [0.5, 0.6) is 0 Å². The Hall–Kier alpha value is -3.20. The van der Waals surface area contributed by atoms with Gasteiger partial charge in [0.1, 0.15) is 0 Å². The van der Waals surface area contributed by atoms with Crippen molar-refractivity contribution in [2.45, 2.75) is 0 Å². The monoisotopic (exact) mass is 313 g/mol. The van der Waals surface area contributed by atoms with E-state index in [0.717, 1.165) is 33.0 Å². The summed E-state index contributed by atoms with van der Waals surface area (Å²) in [6.45, 7) is 0.656. The molecule has 0 amide bonds. The highest BCUT2D eigenvalue weighted by Crippen LogP contribution is 2.32. The Kier molecular flexibility index (Phi) is 3.47. The summed E-state index contributed by atoms with van der Waals surface area (Å²) in [6.07, 6.45) is 3.79. The van der Waals surface area contributed by atoms with E-state index in [0.29, 0.717) is 12.1 Å². The maximum absolute atomic E-state index is 11.8. The molecular formula is C21H15NO2. The quantitative estimate of drug-likeness (QED) is 0.763. The number of aromatic carboxylic acids is 1. The first-order valence-electron chi connectivity index (χ1n) is 7.80. The van der Waals surface area contributed by atoms with E-state index in [9.17, 15) is 9.90 Å². The van der Waals surface area contributed by atoms with Crippen LogP contribution in [0.4, 0.5) is 0 Å². The van der Waals surface area contributed by atoms with E-state index >= 15 is 0 Å². The molecular weight excluding hydrogens is 298 g/mol. The molecule has 0 fully saturated rings. The number of fused-ring (bicyclic) bond motifs is 1. The fraction of sp³-hybridized carbons (Fsp3) is 0.0476. The Morgan fingerprint density at radius 2 is 1.79 bits per heavy atom. The zero-order valence-corrected chi connectivity index (χ0v) is 12.9. The van der Waals surface area contributed by atoms with Gasteiger partial charge in [0.15, 0.2) is 0 Å². The summed E-state index contributed by atoms with van der Waals surface area (Å²) >= 11 is 0. The molecule has 0 saturated carbocycles. The maximum atomic E-state index is 11.8. The summed E-state index contributed by atoms with van der Waals surface area (Å²) in [5.41, 5.74) is 3.84. The molecule has 3 nitrogen and oxygen atoms in total. The van der Waals surface area contributed by atoms with Gasteiger partial charge in [-0.05, 0) is 39.1 Å². The second kappa shape index (κ2) is 5.78. The van der Waals surface area contributed by atoms with E-state index in [2.05, 4.69) is 4.99 Å². The summed E-state index contributed by atoms with van der Waals surface area (Å²) in [5, 5.41) is 11.9. The number of hydrogen-bond donors (Lipinski definition) is 1. The molecule has 4 rings (SSSR count). The lowest BCUT2D eigenvalue weighted by molar-refractivity contribution is 0.0697. The van der Waals surface area contributed by atoms with Gasteiger partial charge in [0.25, 0.3) is 0 Å². The second-order valence-electron chi connectivity index (χ2n) is 5.75. The van der Waals surface area contributed by atoms with Crippen LogP contribution in [0.2, 0.25) is 0 Å². The van der Waals surface area contributed by atoms with Crippen LogP contribution in [-0.4, -0.2) is 23.8 Å². The van der Waals surface area contributed by atoms with Gasteiger partial charge in [0, 0.05) is 6.21 Å². The van der Waals surface area contributed by atoms with Crippen LogP contribution in [0.15, 0.2) is 71.7 Å². The Labute approximate surface area is 139 Å². The third-order valence-corrected chi connectivity index (χ3v) is 4.31. The highest BCUT2D eigenvalue weighted by atomic mass is 16.4. The third kappa shape index (κ3) is 2.40. The summed E-state index contributed by atoms with van der Waals surface area (Å²) in [4.78, 5) is 16.0. The van der Waals surface area contributed by atoms with Crippen molar-refractivity contribution in [2.75, 3.05) is 6.54 Å². The molecule has 3 heteroatoms. The summed E-state index contributed by atoms with van der Waals surface area (Å²) < 4.78 is 0. The lowest BCUT2D eigenvalue weighted by Gasteiger charge is -2.12. The minimum absolute atomic E-state index is 0.310. The number of hydrogen-bond acceptors (Lipinski definition) is 2. The van der Waals surface area contributed by atoms with Gasteiger partial charge < -0.3 is 5.11 Å². The molecule has 0 bridgehead atoms. The fourth-order valence-electron chi connectivity index (χ4n) is 3.14. The molecule has 3 aromatic rings. The molecule has 0 aromatic heterocycles. The molecule has 0 radical (unpaired) electrons. The van der Waals surface area contributed by atoms with Gasteiger partial charge in [-0.15, -0.1) is 0 Å². The van der Waals surface area contributed by atoms with Gasteiger partial charge in [0.05, 0.1) is 12.1 Å². The number of carboxylic acid groups (broad SMARTS) is 1. The summed E-state index contributed by atoms with van der Waals surface area (Å²) in [6, 6.07) is 19.6. The first kappa shape index (κ1) is 14.4. The van der Waals surface area contributed by atoms with Crippen LogP contribution in [0.1, 0.15) is 15.9 Å². The van der Waals surface area contributed by atoms with Crippen molar-refractivity contribution in [1.82, 2.24) is 0 Å². The maximum Gasteiger partial charge on any atom is 0.336 e. The van der Waals surface area contributed by atoms with E-state index in [1.165, 1.54) is 0 Å². The molecule has 24 heavy (non-hydrogen) atoms. The Bertz CT molecular complexity index is 1010. The van der Waals surface area contributed by atoms with Crippen molar-refractivity contribution < 1.29 is 9.90 Å². The number of nitrogens with zero attached hydrogens (tertiary/aromatic N) is 1. The van der Waals surface area contributed by atoms with Crippen molar-refractivity contribution >= 4 is 28.5 Å². The topological polar surface area (TPSA) is 49.7 Å². The molecule has 1 aliphatic rings. The minimum Gasteiger partial charge on any atom is -0.478 e. The Morgan fingerprint density at radius 1 is 0.958 bits per heavy atom. The van der Waals surface area contributed by atoms with Gasteiger partial charge in [-0.1, -0.05) is 60.7 Å². The SMILES string of the molecule is O=C(O)c1cc(C2=CCN=C2)ccc1-c1cccc2ccccc12. The molecule has 0 unspecified atom stereocenters. The second-order valence-corrected chi connectivity index (χ2v) is 5.75. The van der Waals surface area contributed by atoms with Crippen molar-refractivity contribution in [3.05, 3.63) is 77.9 Å². The number of carbonyl (C=O) groups is 1. The van der Waals surface area contributed by atoms with Gasteiger partial charge in [0.2, 0.25) is 0 Å². The van der Waals surface area contributed by atoms with Crippen molar-refractivity contribution in [1.29, 1.82) is 0 Å². The minimum atomic E-state index is -0.921. The van der Waals surface area contributed by atoms with Gasteiger partial charge in [-0.2, -0.15) is 0 Å². The van der Waals surface area contributed by atoms with E-state index in [4.69, 9.17) is 0 Å². The highest BCUT2D eigenvalue weighted by Gasteiger charge is 2.16. The van der Waals surface area contributed by atoms with Crippen LogP contribution in [0, 0.1) is 0 Å². The lowest BCUT2D eigenvalue weighted by atomic mass is 9.92. The molecule has 0 saturated heterocycles. The molecule has 1 N–H and O–H groups in total. The van der Waals surface area contributed by atoms with Gasteiger partial charge in [-0.25, -0.2) is 4.79 Å². The average molecular weight is 313 g/mol. The highest BCUT2D eigenvalue weighted by molar-refractivity contribution is 6.13. The van der Waals surface area contributed by atoms with Crippen molar-refractivity contribution in [3.63, 3.8) is 0 Å².